The lowest BCUT2D eigenvalue weighted by Gasteiger charge is -2.22. The van der Waals surface area contributed by atoms with E-state index in [1.165, 1.54) is 51.4 Å². The van der Waals surface area contributed by atoms with Crippen molar-refractivity contribution < 1.29 is 0 Å². The van der Waals surface area contributed by atoms with Gasteiger partial charge >= 0.3 is 0 Å². The lowest BCUT2D eigenvalue weighted by Crippen LogP contribution is -2.08. The van der Waals surface area contributed by atoms with Crippen molar-refractivity contribution in [1.82, 2.24) is 0 Å². The number of unbranched alkanes of at least 4 members (excludes halogenated alkanes) is 5. The molecule has 0 aromatic carbocycles. The van der Waals surface area contributed by atoms with E-state index >= 15 is 0 Å². The zero-order chi connectivity index (χ0) is 10.2. The molecule has 0 amide bonds. The quantitative estimate of drug-likeness (QED) is 0.456. The summed E-state index contributed by atoms with van der Waals surface area (Å²) in [6, 6.07) is 0. The summed E-state index contributed by atoms with van der Waals surface area (Å²) in [5, 5.41) is 0. The van der Waals surface area contributed by atoms with E-state index in [2.05, 4.69) is 27.7 Å². The normalized spacial score (nSPS) is 12.0. The molecule has 0 atom stereocenters. The summed E-state index contributed by atoms with van der Waals surface area (Å²) in [5.74, 6) is 0. The van der Waals surface area contributed by atoms with Crippen molar-refractivity contribution in [2.24, 2.45) is 5.41 Å². The maximum absolute atomic E-state index is 2.39. The Morgan fingerprint density at radius 3 is 1.85 bits per heavy atom. The van der Waals surface area contributed by atoms with Gasteiger partial charge in [-0.25, -0.2) is 0 Å². The van der Waals surface area contributed by atoms with Crippen LogP contribution in [0.25, 0.3) is 0 Å². The summed E-state index contributed by atoms with van der Waals surface area (Å²) in [7, 11) is 0. The first kappa shape index (κ1) is 13.0. The summed E-state index contributed by atoms with van der Waals surface area (Å²) in [6.07, 6.45) is 11.3. The molecule has 0 spiro atoms. The van der Waals surface area contributed by atoms with E-state index in [0.717, 1.165) is 0 Å². The average molecular weight is 184 g/mol. The minimum absolute atomic E-state index is 0.588. The third-order valence-corrected chi connectivity index (χ3v) is 3.16. The first-order valence-corrected chi connectivity index (χ1v) is 6.12. The predicted octanol–water partition coefficient (Wildman–Crippen LogP) is 5.17. The molecule has 0 fully saturated rings. The van der Waals surface area contributed by atoms with Crippen LogP contribution in [-0.4, -0.2) is 0 Å². The maximum Gasteiger partial charge on any atom is -0.0357 e. The van der Waals surface area contributed by atoms with Crippen molar-refractivity contribution in [3.63, 3.8) is 0 Å². The van der Waals surface area contributed by atoms with Crippen LogP contribution >= 0.6 is 0 Å². The first-order valence-electron chi connectivity index (χ1n) is 6.12. The lowest BCUT2D eigenvalue weighted by molar-refractivity contribution is 0.307. The largest absolute Gasteiger partial charge is 0.0654 e. The van der Waals surface area contributed by atoms with Gasteiger partial charge < -0.3 is 0 Å². The third kappa shape index (κ3) is 8.33. The van der Waals surface area contributed by atoms with Crippen LogP contribution < -0.4 is 0 Å². The molecule has 0 bridgehead atoms. The smallest absolute Gasteiger partial charge is 0.0357 e. The van der Waals surface area contributed by atoms with Crippen LogP contribution in [0.4, 0.5) is 0 Å². The molecule has 0 heteroatoms. The van der Waals surface area contributed by atoms with Gasteiger partial charge in [0.05, 0.1) is 0 Å². The van der Waals surface area contributed by atoms with Gasteiger partial charge in [-0.1, -0.05) is 72.6 Å². The fraction of sp³-hybridized carbons (Fsp3) is 1.00. The Hall–Kier alpha value is 0. The Labute approximate surface area is 85.1 Å². The van der Waals surface area contributed by atoms with Crippen LogP contribution in [-0.2, 0) is 0 Å². The third-order valence-electron chi connectivity index (χ3n) is 3.16. The highest BCUT2D eigenvalue weighted by atomic mass is 14.2. The van der Waals surface area contributed by atoms with Crippen molar-refractivity contribution in [3.8, 4) is 0 Å². The van der Waals surface area contributed by atoms with Gasteiger partial charge in [0.2, 0.25) is 0 Å². The molecule has 0 unspecified atom stereocenters. The highest BCUT2D eigenvalue weighted by molar-refractivity contribution is 4.65. The van der Waals surface area contributed by atoms with Gasteiger partial charge in [-0.05, 0) is 11.8 Å². The monoisotopic (exact) mass is 184 g/mol. The Bertz CT molecular complexity index is 103. The van der Waals surface area contributed by atoms with E-state index in [1.54, 1.807) is 0 Å². The molecule has 0 heterocycles. The van der Waals surface area contributed by atoms with Gasteiger partial charge in [-0.15, -0.1) is 0 Å². The number of rotatable bonds is 8. The summed E-state index contributed by atoms with van der Waals surface area (Å²) in [5.41, 5.74) is 0.588. The van der Waals surface area contributed by atoms with Crippen LogP contribution in [0.15, 0.2) is 0 Å². The zero-order valence-corrected chi connectivity index (χ0v) is 10.2. The molecule has 0 rings (SSSR count). The maximum atomic E-state index is 2.39. The second-order valence-corrected chi connectivity index (χ2v) is 5.04. The molecule has 0 aliphatic rings. The highest BCUT2D eigenvalue weighted by Crippen LogP contribution is 2.27. The van der Waals surface area contributed by atoms with E-state index < -0.39 is 0 Å². The van der Waals surface area contributed by atoms with Crippen molar-refractivity contribution in [1.29, 1.82) is 0 Å². The molecule has 80 valence electrons. The summed E-state index contributed by atoms with van der Waals surface area (Å²) >= 11 is 0. The van der Waals surface area contributed by atoms with Crippen molar-refractivity contribution in [3.05, 3.63) is 0 Å². The minimum atomic E-state index is 0.588. The van der Waals surface area contributed by atoms with Crippen LogP contribution in [0.5, 0.6) is 0 Å². The Balaban J connectivity index is 3.16. The second-order valence-electron chi connectivity index (χ2n) is 5.04. The molecule has 0 aliphatic carbocycles. The fourth-order valence-electron chi connectivity index (χ4n) is 1.56. The molecule has 0 aromatic rings. The van der Waals surface area contributed by atoms with Gasteiger partial charge in [0, 0.05) is 0 Å². The van der Waals surface area contributed by atoms with Gasteiger partial charge in [-0.3, -0.25) is 0 Å². The number of hydrogen-bond donors (Lipinski definition) is 0. The van der Waals surface area contributed by atoms with Gasteiger partial charge in [-0.2, -0.15) is 0 Å². The van der Waals surface area contributed by atoms with E-state index in [9.17, 15) is 0 Å². The van der Waals surface area contributed by atoms with Crippen LogP contribution in [0, 0.1) is 5.41 Å². The minimum Gasteiger partial charge on any atom is -0.0654 e. The van der Waals surface area contributed by atoms with Crippen LogP contribution in [0.2, 0.25) is 0 Å². The predicted molar refractivity (Wildman–Crippen MR) is 62.1 cm³/mol. The van der Waals surface area contributed by atoms with Crippen molar-refractivity contribution in [2.45, 2.75) is 79.1 Å². The van der Waals surface area contributed by atoms with E-state index in [-0.39, 0.29) is 0 Å². The molecule has 0 saturated heterocycles. The highest BCUT2D eigenvalue weighted by Gasteiger charge is 2.13. The van der Waals surface area contributed by atoms with Gasteiger partial charge in [0.15, 0.2) is 0 Å². The molecule has 13 heavy (non-hydrogen) atoms. The summed E-state index contributed by atoms with van der Waals surface area (Å²) < 4.78 is 0. The molecule has 0 aromatic heterocycles. The van der Waals surface area contributed by atoms with E-state index in [1.807, 2.05) is 0 Å². The molecule has 0 radical (unpaired) electrons. The van der Waals surface area contributed by atoms with Crippen LogP contribution in [0.1, 0.15) is 79.1 Å². The lowest BCUT2D eigenvalue weighted by atomic mass is 9.84. The summed E-state index contributed by atoms with van der Waals surface area (Å²) in [6.45, 7) is 9.36. The standard InChI is InChI=1S/C13H28/c1-5-7-8-9-10-11-12-13(3,4)6-2/h5-12H2,1-4H3. The molecular formula is C13H28. The molecule has 0 aliphatic heterocycles. The topological polar surface area (TPSA) is 0 Å². The van der Waals surface area contributed by atoms with Gasteiger partial charge in [0.1, 0.15) is 0 Å². The average Bonchev–Trinajstić information content (AvgIpc) is 2.11. The van der Waals surface area contributed by atoms with E-state index in [4.69, 9.17) is 0 Å². The molecular weight excluding hydrogens is 156 g/mol. The number of hydrogen-bond acceptors (Lipinski definition) is 0. The van der Waals surface area contributed by atoms with Crippen molar-refractivity contribution in [2.75, 3.05) is 0 Å². The van der Waals surface area contributed by atoms with E-state index in [0.29, 0.717) is 5.41 Å². The van der Waals surface area contributed by atoms with Crippen LogP contribution in [0.3, 0.4) is 0 Å². The molecule has 0 saturated carbocycles. The molecule has 0 nitrogen and oxygen atoms in total. The fourth-order valence-corrected chi connectivity index (χ4v) is 1.56. The summed E-state index contributed by atoms with van der Waals surface area (Å²) in [4.78, 5) is 0. The Morgan fingerprint density at radius 2 is 1.31 bits per heavy atom. The SMILES string of the molecule is CCCCCCCCC(C)(C)CC. The Morgan fingerprint density at radius 1 is 0.769 bits per heavy atom. The zero-order valence-electron chi connectivity index (χ0n) is 10.2. The van der Waals surface area contributed by atoms with Gasteiger partial charge in [0.25, 0.3) is 0 Å². The second kappa shape index (κ2) is 7.41. The van der Waals surface area contributed by atoms with Crippen molar-refractivity contribution >= 4 is 0 Å². The molecule has 0 N–H and O–H groups in total. The first-order chi connectivity index (χ1) is 6.12. The Kier molecular flexibility index (Phi) is 7.41.